The van der Waals surface area contributed by atoms with Gasteiger partial charge in [0.1, 0.15) is 5.92 Å². The van der Waals surface area contributed by atoms with Crippen molar-refractivity contribution in [2.75, 3.05) is 19.6 Å². The lowest BCUT2D eigenvalue weighted by Gasteiger charge is -2.23. The Morgan fingerprint density at radius 2 is 2.19 bits per heavy atom. The van der Waals surface area contributed by atoms with Gasteiger partial charge in [-0.25, -0.2) is 0 Å². The lowest BCUT2D eigenvalue weighted by atomic mass is 9.96. The van der Waals surface area contributed by atoms with E-state index >= 15 is 0 Å². The smallest absolute Gasteiger partial charge is 0.240 e. The average Bonchev–Trinajstić information content (AvgIpc) is 2.43. The average molecular weight is 223 g/mol. The van der Waals surface area contributed by atoms with Crippen LogP contribution in [0, 0.1) is 23.2 Å². The maximum absolute atomic E-state index is 12.0. The molecule has 5 heteroatoms. The summed E-state index contributed by atoms with van der Waals surface area (Å²) in [5.74, 6) is -0.792. The molecule has 0 bridgehead atoms. The Hall–Kier alpha value is -1.57. The molecule has 0 saturated carbocycles. The van der Waals surface area contributed by atoms with Crippen molar-refractivity contribution in [1.29, 1.82) is 5.26 Å². The fourth-order valence-electron chi connectivity index (χ4n) is 1.67. The van der Waals surface area contributed by atoms with Crippen molar-refractivity contribution in [2.24, 2.45) is 11.8 Å². The van der Waals surface area contributed by atoms with Crippen LogP contribution in [0.1, 0.15) is 20.3 Å². The predicted octanol–water partition coefficient (Wildman–Crippen LogP) is 0.131. The molecule has 1 fully saturated rings. The van der Waals surface area contributed by atoms with Crippen LogP contribution in [0.2, 0.25) is 0 Å². The predicted molar refractivity (Wildman–Crippen MR) is 58.1 cm³/mol. The molecule has 0 spiro atoms. The molecule has 16 heavy (non-hydrogen) atoms. The van der Waals surface area contributed by atoms with Gasteiger partial charge in [0.05, 0.1) is 6.07 Å². The SMILES string of the molecule is CC(C)C(C#N)C(=O)N1CCNC(=O)CC1. The number of amides is 2. The number of nitrogens with zero attached hydrogens (tertiary/aromatic N) is 2. The molecule has 5 nitrogen and oxygen atoms in total. The van der Waals surface area contributed by atoms with Gasteiger partial charge in [-0.1, -0.05) is 13.8 Å². The third-order valence-electron chi connectivity index (χ3n) is 2.70. The number of rotatable bonds is 2. The number of nitriles is 1. The van der Waals surface area contributed by atoms with Crippen LogP contribution in [0.4, 0.5) is 0 Å². The Morgan fingerprint density at radius 1 is 1.50 bits per heavy atom. The van der Waals surface area contributed by atoms with Crippen molar-refractivity contribution >= 4 is 11.8 Å². The van der Waals surface area contributed by atoms with Crippen molar-refractivity contribution in [2.45, 2.75) is 20.3 Å². The molecule has 1 rings (SSSR count). The highest BCUT2D eigenvalue weighted by Gasteiger charge is 2.28. The number of carbonyl (C=O) groups excluding carboxylic acids is 2. The minimum atomic E-state index is -0.604. The zero-order valence-corrected chi connectivity index (χ0v) is 9.69. The van der Waals surface area contributed by atoms with E-state index in [0.717, 1.165) is 0 Å². The fourth-order valence-corrected chi connectivity index (χ4v) is 1.67. The first-order valence-electron chi connectivity index (χ1n) is 5.51. The molecule has 1 aliphatic heterocycles. The summed E-state index contributed by atoms with van der Waals surface area (Å²) in [4.78, 5) is 24.7. The van der Waals surface area contributed by atoms with E-state index in [1.54, 1.807) is 4.90 Å². The monoisotopic (exact) mass is 223 g/mol. The van der Waals surface area contributed by atoms with E-state index in [0.29, 0.717) is 26.1 Å². The van der Waals surface area contributed by atoms with E-state index in [9.17, 15) is 9.59 Å². The maximum Gasteiger partial charge on any atom is 0.240 e. The Balaban J connectivity index is 2.66. The van der Waals surface area contributed by atoms with Gasteiger partial charge in [0.15, 0.2) is 0 Å². The first-order valence-corrected chi connectivity index (χ1v) is 5.51. The van der Waals surface area contributed by atoms with Crippen LogP contribution < -0.4 is 5.32 Å². The molecular weight excluding hydrogens is 206 g/mol. The molecule has 1 aliphatic rings. The van der Waals surface area contributed by atoms with Gasteiger partial charge in [0, 0.05) is 26.1 Å². The second kappa shape index (κ2) is 5.50. The van der Waals surface area contributed by atoms with Crippen LogP contribution in [0.25, 0.3) is 0 Å². The second-order valence-electron chi connectivity index (χ2n) is 4.28. The topological polar surface area (TPSA) is 73.2 Å². The van der Waals surface area contributed by atoms with Crippen LogP contribution in [0.3, 0.4) is 0 Å². The number of hydrogen-bond acceptors (Lipinski definition) is 3. The minimum absolute atomic E-state index is 0.00409. The highest BCUT2D eigenvalue weighted by Crippen LogP contribution is 2.14. The molecule has 2 amide bonds. The number of carbonyl (C=O) groups is 2. The Labute approximate surface area is 95.4 Å². The lowest BCUT2D eigenvalue weighted by molar-refractivity contribution is -0.134. The lowest BCUT2D eigenvalue weighted by Crippen LogP contribution is -2.39. The standard InChI is InChI=1S/C11H17N3O2/c1-8(2)9(7-12)11(16)14-5-3-10(15)13-4-6-14/h8-9H,3-6H2,1-2H3,(H,13,15). The highest BCUT2D eigenvalue weighted by atomic mass is 16.2. The summed E-state index contributed by atoms with van der Waals surface area (Å²) in [6.45, 7) is 5.09. The molecule has 1 saturated heterocycles. The zero-order valence-electron chi connectivity index (χ0n) is 9.69. The summed E-state index contributed by atoms with van der Waals surface area (Å²) in [6, 6.07) is 2.03. The Bertz CT molecular complexity index is 320. The molecule has 1 heterocycles. The van der Waals surface area contributed by atoms with Crippen LogP contribution in [-0.2, 0) is 9.59 Å². The maximum atomic E-state index is 12.0. The van der Waals surface area contributed by atoms with Crippen molar-refractivity contribution in [3.05, 3.63) is 0 Å². The first-order chi connectivity index (χ1) is 7.56. The third-order valence-corrected chi connectivity index (χ3v) is 2.70. The van der Waals surface area contributed by atoms with Crippen molar-refractivity contribution in [3.63, 3.8) is 0 Å². The fraction of sp³-hybridized carbons (Fsp3) is 0.727. The number of hydrogen-bond donors (Lipinski definition) is 1. The normalized spacial score (nSPS) is 18.6. The summed E-state index contributed by atoms with van der Waals surface area (Å²) in [5.41, 5.74) is 0. The Morgan fingerprint density at radius 3 is 2.75 bits per heavy atom. The van der Waals surface area contributed by atoms with E-state index in [4.69, 9.17) is 5.26 Å². The van der Waals surface area contributed by atoms with Gasteiger partial charge in [0.25, 0.3) is 0 Å². The quantitative estimate of drug-likeness (QED) is 0.723. The highest BCUT2D eigenvalue weighted by molar-refractivity contribution is 5.83. The molecule has 88 valence electrons. The molecule has 0 radical (unpaired) electrons. The van der Waals surface area contributed by atoms with Gasteiger partial charge >= 0.3 is 0 Å². The second-order valence-corrected chi connectivity index (χ2v) is 4.28. The van der Waals surface area contributed by atoms with Crippen molar-refractivity contribution in [1.82, 2.24) is 10.2 Å². The first kappa shape index (κ1) is 12.5. The summed E-state index contributed by atoms with van der Waals surface area (Å²) < 4.78 is 0. The van der Waals surface area contributed by atoms with E-state index in [1.807, 2.05) is 19.9 Å². The largest absolute Gasteiger partial charge is 0.354 e. The summed E-state index contributed by atoms with van der Waals surface area (Å²) >= 11 is 0. The van der Waals surface area contributed by atoms with Gasteiger partial charge in [0.2, 0.25) is 11.8 Å². The molecule has 0 aliphatic carbocycles. The van der Waals surface area contributed by atoms with Crippen LogP contribution in [-0.4, -0.2) is 36.3 Å². The zero-order chi connectivity index (χ0) is 12.1. The molecule has 1 N–H and O–H groups in total. The van der Waals surface area contributed by atoms with Gasteiger partial charge < -0.3 is 10.2 Å². The third kappa shape index (κ3) is 2.96. The van der Waals surface area contributed by atoms with Crippen molar-refractivity contribution < 1.29 is 9.59 Å². The van der Waals surface area contributed by atoms with E-state index in [-0.39, 0.29) is 17.7 Å². The van der Waals surface area contributed by atoms with E-state index in [2.05, 4.69) is 5.32 Å². The van der Waals surface area contributed by atoms with E-state index < -0.39 is 5.92 Å². The molecule has 0 aromatic heterocycles. The van der Waals surface area contributed by atoms with Crippen LogP contribution in [0.15, 0.2) is 0 Å². The molecule has 1 atom stereocenters. The van der Waals surface area contributed by atoms with Gasteiger partial charge in [-0.3, -0.25) is 9.59 Å². The molecule has 0 aromatic carbocycles. The van der Waals surface area contributed by atoms with Gasteiger partial charge in [-0.2, -0.15) is 5.26 Å². The van der Waals surface area contributed by atoms with Crippen LogP contribution >= 0.6 is 0 Å². The van der Waals surface area contributed by atoms with E-state index in [1.165, 1.54) is 0 Å². The summed E-state index contributed by atoms with van der Waals surface area (Å²) in [5, 5.41) is 11.6. The summed E-state index contributed by atoms with van der Waals surface area (Å²) in [7, 11) is 0. The van der Waals surface area contributed by atoms with Gasteiger partial charge in [-0.15, -0.1) is 0 Å². The minimum Gasteiger partial charge on any atom is -0.354 e. The molecule has 1 unspecified atom stereocenters. The number of nitrogens with one attached hydrogen (secondary N) is 1. The molecule has 0 aromatic rings. The summed E-state index contributed by atoms with van der Waals surface area (Å²) in [6.07, 6.45) is 0.321. The Kier molecular flexibility index (Phi) is 4.29. The van der Waals surface area contributed by atoms with Crippen molar-refractivity contribution in [3.8, 4) is 6.07 Å². The molecular formula is C11H17N3O2. The van der Waals surface area contributed by atoms with Crippen LogP contribution in [0.5, 0.6) is 0 Å². The van der Waals surface area contributed by atoms with Gasteiger partial charge in [-0.05, 0) is 5.92 Å².